The predicted molar refractivity (Wildman–Crippen MR) is 68.5 cm³/mol. The van der Waals surface area contributed by atoms with E-state index in [1.54, 1.807) is 7.11 Å². The number of likely N-dealkylation sites (N-methyl/N-ethyl adjacent to an activating group) is 1. The van der Waals surface area contributed by atoms with Gasteiger partial charge in [-0.05, 0) is 38.6 Å². The second-order valence-electron chi connectivity index (χ2n) is 5.10. The van der Waals surface area contributed by atoms with Crippen LogP contribution in [-0.2, 0) is 4.74 Å². The third-order valence-electron chi connectivity index (χ3n) is 4.28. The Bertz CT molecular complexity index is 202. The van der Waals surface area contributed by atoms with E-state index in [0.717, 1.165) is 12.5 Å². The Hall–Kier alpha value is -0.120. The molecule has 0 aromatic heterocycles. The molecule has 1 saturated carbocycles. The minimum absolute atomic E-state index is 0.0748. The van der Waals surface area contributed by atoms with Crippen molar-refractivity contribution in [2.45, 2.75) is 51.1 Å². The van der Waals surface area contributed by atoms with Crippen molar-refractivity contribution >= 4 is 0 Å². The van der Waals surface area contributed by atoms with Gasteiger partial charge in [0.25, 0.3) is 0 Å². The average Bonchev–Trinajstić information content (AvgIpc) is 3.11. The van der Waals surface area contributed by atoms with Crippen LogP contribution in [0.2, 0.25) is 0 Å². The molecule has 2 N–H and O–H groups in total. The zero-order chi connectivity index (χ0) is 12.2. The zero-order valence-electron chi connectivity index (χ0n) is 11.3. The third-order valence-corrected chi connectivity index (χ3v) is 4.28. The first kappa shape index (κ1) is 13.9. The van der Waals surface area contributed by atoms with Crippen LogP contribution in [0.5, 0.6) is 0 Å². The normalized spacial score (nSPS) is 20.4. The highest BCUT2D eigenvalue weighted by Crippen LogP contribution is 2.43. The molecule has 96 valence electrons. The Morgan fingerprint density at radius 3 is 2.25 bits per heavy atom. The van der Waals surface area contributed by atoms with Crippen LogP contribution in [0.1, 0.15) is 39.5 Å². The van der Waals surface area contributed by atoms with Gasteiger partial charge in [0.1, 0.15) is 0 Å². The summed E-state index contributed by atoms with van der Waals surface area (Å²) in [7, 11) is 4.01. The molecule has 3 nitrogen and oxygen atoms in total. The number of hydrogen-bond acceptors (Lipinski definition) is 3. The molecule has 1 aliphatic carbocycles. The summed E-state index contributed by atoms with van der Waals surface area (Å²) in [6.07, 6.45) is 4.99. The molecule has 0 spiro atoms. The van der Waals surface area contributed by atoms with Crippen molar-refractivity contribution in [3.63, 3.8) is 0 Å². The fourth-order valence-electron chi connectivity index (χ4n) is 2.95. The van der Waals surface area contributed by atoms with Crippen LogP contribution in [0.4, 0.5) is 0 Å². The van der Waals surface area contributed by atoms with Crippen LogP contribution in [0, 0.1) is 5.92 Å². The first-order valence-electron chi connectivity index (χ1n) is 6.58. The van der Waals surface area contributed by atoms with Gasteiger partial charge in [0.05, 0.1) is 12.1 Å². The van der Waals surface area contributed by atoms with E-state index >= 15 is 0 Å². The van der Waals surface area contributed by atoms with E-state index < -0.39 is 0 Å². The van der Waals surface area contributed by atoms with Gasteiger partial charge in [0.15, 0.2) is 0 Å². The zero-order valence-corrected chi connectivity index (χ0v) is 11.3. The molecule has 1 aliphatic rings. The molecule has 0 aromatic rings. The highest BCUT2D eigenvalue weighted by Gasteiger charge is 2.48. The second kappa shape index (κ2) is 5.99. The van der Waals surface area contributed by atoms with Crippen molar-refractivity contribution in [3.8, 4) is 0 Å². The van der Waals surface area contributed by atoms with E-state index in [1.165, 1.54) is 25.7 Å². The lowest BCUT2D eigenvalue weighted by atomic mass is 9.89. The summed E-state index contributed by atoms with van der Waals surface area (Å²) in [6.45, 7) is 5.98. The summed E-state index contributed by atoms with van der Waals surface area (Å²) in [6, 6.07) is 0.624. The quantitative estimate of drug-likeness (QED) is 0.689. The Balaban J connectivity index is 2.80. The van der Waals surface area contributed by atoms with Gasteiger partial charge in [-0.25, -0.2) is 0 Å². The minimum Gasteiger partial charge on any atom is -0.383 e. The number of hydrogen-bond donors (Lipinski definition) is 1. The van der Waals surface area contributed by atoms with Gasteiger partial charge in [-0.2, -0.15) is 0 Å². The smallest absolute Gasteiger partial charge is 0.0661 e. The van der Waals surface area contributed by atoms with E-state index in [-0.39, 0.29) is 5.54 Å². The number of nitrogens with zero attached hydrogens (tertiary/aromatic N) is 1. The molecule has 0 saturated heterocycles. The van der Waals surface area contributed by atoms with Gasteiger partial charge in [0.2, 0.25) is 0 Å². The summed E-state index contributed by atoms with van der Waals surface area (Å²) in [4.78, 5) is 2.49. The van der Waals surface area contributed by atoms with Crippen LogP contribution in [0.25, 0.3) is 0 Å². The van der Waals surface area contributed by atoms with Crippen molar-refractivity contribution in [1.82, 2.24) is 4.90 Å². The van der Waals surface area contributed by atoms with Crippen molar-refractivity contribution in [3.05, 3.63) is 0 Å². The van der Waals surface area contributed by atoms with Gasteiger partial charge in [-0.15, -0.1) is 0 Å². The summed E-state index contributed by atoms with van der Waals surface area (Å²) >= 11 is 0. The Morgan fingerprint density at radius 2 is 1.94 bits per heavy atom. The molecule has 1 atom stereocenters. The molecule has 0 radical (unpaired) electrons. The van der Waals surface area contributed by atoms with Gasteiger partial charge in [-0.3, -0.25) is 4.90 Å². The molecule has 0 aliphatic heterocycles. The monoisotopic (exact) mass is 228 g/mol. The lowest BCUT2D eigenvalue weighted by molar-refractivity contribution is -0.0115. The first-order chi connectivity index (χ1) is 7.66. The summed E-state index contributed by atoms with van der Waals surface area (Å²) in [5.41, 5.74) is 6.14. The maximum absolute atomic E-state index is 6.06. The molecule has 1 unspecified atom stereocenters. The molecule has 16 heavy (non-hydrogen) atoms. The third kappa shape index (κ3) is 2.58. The van der Waals surface area contributed by atoms with E-state index in [4.69, 9.17) is 10.5 Å². The first-order valence-corrected chi connectivity index (χ1v) is 6.58. The van der Waals surface area contributed by atoms with Gasteiger partial charge in [-0.1, -0.05) is 13.8 Å². The van der Waals surface area contributed by atoms with Crippen LogP contribution in [0.15, 0.2) is 0 Å². The lowest BCUT2D eigenvalue weighted by Crippen LogP contribution is -2.60. The summed E-state index contributed by atoms with van der Waals surface area (Å²) < 4.78 is 5.44. The predicted octanol–water partition coefficient (Wildman–Crippen LogP) is 1.86. The Labute approximate surface area is 100 Å². The summed E-state index contributed by atoms with van der Waals surface area (Å²) in [5, 5.41) is 0. The van der Waals surface area contributed by atoms with E-state index in [1.807, 2.05) is 0 Å². The van der Waals surface area contributed by atoms with Crippen molar-refractivity contribution in [2.24, 2.45) is 11.7 Å². The number of ether oxygens (including phenoxy) is 1. The largest absolute Gasteiger partial charge is 0.383 e. The Morgan fingerprint density at radius 1 is 1.38 bits per heavy atom. The molecular weight excluding hydrogens is 200 g/mol. The van der Waals surface area contributed by atoms with E-state index in [0.29, 0.717) is 12.6 Å². The second-order valence-corrected chi connectivity index (χ2v) is 5.10. The maximum atomic E-state index is 6.06. The van der Waals surface area contributed by atoms with Crippen LogP contribution >= 0.6 is 0 Å². The fraction of sp³-hybridized carbons (Fsp3) is 1.00. The molecule has 0 amide bonds. The van der Waals surface area contributed by atoms with E-state index in [9.17, 15) is 0 Å². The fourth-order valence-corrected chi connectivity index (χ4v) is 2.95. The van der Waals surface area contributed by atoms with Crippen LogP contribution < -0.4 is 5.73 Å². The van der Waals surface area contributed by atoms with Gasteiger partial charge < -0.3 is 10.5 Å². The molecular formula is C13H28N2O. The van der Waals surface area contributed by atoms with E-state index in [2.05, 4.69) is 25.8 Å². The molecule has 0 bridgehead atoms. The van der Waals surface area contributed by atoms with Crippen LogP contribution in [-0.4, -0.2) is 43.8 Å². The minimum atomic E-state index is 0.0748. The van der Waals surface area contributed by atoms with Gasteiger partial charge in [0, 0.05) is 19.7 Å². The van der Waals surface area contributed by atoms with Crippen molar-refractivity contribution in [2.75, 3.05) is 27.3 Å². The lowest BCUT2D eigenvalue weighted by Gasteiger charge is -2.45. The maximum Gasteiger partial charge on any atom is 0.0661 e. The standard InChI is InChI=1S/C13H28N2O/c1-5-12(6-2)15(3)13(9-14,10-16-4)11-7-8-11/h11-12H,5-10,14H2,1-4H3. The average molecular weight is 228 g/mol. The highest BCUT2D eigenvalue weighted by molar-refractivity contribution is 5.04. The number of nitrogens with two attached hydrogens (primary N) is 1. The van der Waals surface area contributed by atoms with Crippen molar-refractivity contribution < 1.29 is 4.74 Å². The number of rotatable bonds is 8. The molecule has 3 heteroatoms. The highest BCUT2D eigenvalue weighted by atomic mass is 16.5. The Kier molecular flexibility index (Phi) is 5.22. The molecule has 1 fully saturated rings. The molecule has 0 aromatic carbocycles. The van der Waals surface area contributed by atoms with Crippen molar-refractivity contribution in [1.29, 1.82) is 0 Å². The van der Waals surface area contributed by atoms with Gasteiger partial charge >= 0.3 is 0 Å². The number of methoxy groups -OCH3 is 1. The molecule has 1 rings (SSSR count). The summed E-state index contributed by atoms with van der Waals surface area (Å²) in [5.74, 6) is 0.739. The van der Waals surface area contributed by atoms with Crippen LogP contribution in [0.3, 0.4) is 0 Å². The topological polar surface area (TPSA) is 38.5 Å². The molecule has 0 heterocycles. The SMILES string of the molecule is CCC(CC)N(C)C(CN)(COC)C1CC1.